The number of hydrogen-bond acceptors (Lipinski definition) is 4. The fourth-order valence-electron chi connectivity index (χ4n) is 7.25. The van der Waals surface area contributed by atoms with Crippen LogP contribution in [0.4, 0.5) is 17.1 Å². The summed E-state index contributed by atoms with van der Waals surface area (Å²) in [5.41, 5.74) is 8.10. The van der Waals surface area contributed by atoms with Crippen LogP contribution in [0, 0.1) is 18.8 Å². The van der Waals surface area contributed by atoms with Crippen LogP contribution in [0.3, 0.4) is 0 Å². The monoisotopic (exact) mass is 842 g/mol. The molecule has 0 saturated carbocycles. The quantitative estimate of drug-likeness (QED) is 0.162. The number of para-hydroxylation sites is 2. The van der Waals surface area contributed by atoms with Crippen LogP contribution >= 0.6 is 0 Å². The van der Waals surface area contributed by atoms with Crippen LogP contribution < -0.4 is 14.5 Å². The molecule has 7 heteroatoms. The zero-order valence-corrected chi connectivity index (χ0v) is 29.6. The Morgan fingerprint density at radius 3 is 2.25 bits per heavy atom. The molecule has 1 aliphatic rings. The molecule has 0 amide bonds. The van der Waals surface area contributed by atoms with Gasteiger partial charge in [-0.3, -0.25) is 0 Å². The van der Waals surface area contributed by atoms with Gasteiger partial charge in [0.15, 0.2) is 0 Å². The van der Waals surface area contributed by atoms with E-state index >= 15 is 0 Å². The summed E-state index contributed by atoms with van der Waals surface area (Å²) in [5.74, 6) is 1.77. The average molecular weight is 843 g/mol. The van der Waals surface area contributed by atoms with E-state index in [9.17, 15) is 0 Å². The first-order valence-corrected chi connectivity index (χ1v) is 16.4. The Kier molecular flexibility index (Phi) is 6.67. The molecule has 0 unspecified atom stereocenters. The Bertz CT molecular complexity index is 2880. The van der Waals surface area contributed by atoms with E-state index in [1.807, 2.05) is 96.0 Å². The Morgan fingerprint density at radius 2 is 1.41 bits per heavy atom. The van der Waals surface area contributed by atoms with Crippen molar-refractivity contribution in [1.29, 1.82) is 0 Å². The van der Waals surface area contributed by atoms with Crippen molar-refractivity contribution in [3.8, 4) is 28.4 Å². The maximum absolute atomic E-state index is 8.24. The number of fused-ring (bicyclic) bond motifs is 7. The van der Waals surface area contributed by atoms with Gasteiger partial charge in [0, 0.05) is 89.2 Å². The van der Waals surface area contributed by atoms with E-state index in [4.69, 9.17) is 13.8 Å². The molecule has 6 nitrogen and oxygen atoms in total. The molecule has 0 N–H and O–H groups in total. The van der Waals surface area contributed by atoms with Gasteiger partial charge in [-0.15, -0.1) is 41.4 Å². The van der Waals surface area contributed by atoms with E-state index in [0.717, 1.165) is 60.9 Å². The summed E-state index contributed by atoms with van der Waals surface area (Å²) < 4.78 is 35.5. The van der Waals surface area contributed by atoms with Crippen LogP contribution in [-0.4, -0.2) is 21.1 Å². The number of benzene rings is 6. The third-order valence-electron chi connectivity index (χ3n) is 9.64. The number of nitrogens with zero attached hydrogens (tertiary/aromatic N) is 5. The molecule has 51 heavy (non-hydrogen) atoms. The van der Waals surface area contributed by atoms with Gasteiger partial charge in [0.1, 0.15) is 5.82 Å². The molecule has 0 saturated heterocycles. The Morgan fingerprint density at radius 1 is 0.647 bits per heavy atom. The minimum Gasteiger partial charge on any atom is -0.509 e. The molecule has 10 rings (SSSR count). The maximum atomic E-state index is 8.24. The predicted octanol–water partition coefficient (Wildman–Crippen LogP) is 10.6. The third kappa shape index (κ3) is 5.01. The normalized spacial score (nSPS) is 13.7. The van der Waals surface area contributed by atoms with Crippen molar-refractivity contribution in [3.05, 3.63) is 158 Å². The molecule has 1 aliphatic heterocycles. The molecule has 0 bridgehead atoms. The molecule has 6 aromatic carbocycles. The first kappa shape index (κ1) is 27.9. The fourth-order valence-corrected chi connectivity index (χ4v) is 7.25. The maximum Gasteiger partial charge on any atom is 0.137 e. The van der Waals surface area contributed by atoms with Gasteiger partial charge < -0.3 is 23.7 Å². The number of aryl methyl sites for hydroxylation is 1. The van der Waals surface area contributed by atoms with E-state index in [-0.39, 0.29) is 21.1 Å². The second-order valence-corrected chi connectivity index (χ2v) is 12.5. The van der Waals surface area contributed by atoms with Crippen molar-refractivity contribution < 1.29 is 29.9 Å². The van der Waals surface area contributed by atoms with Crippen LogP contribution in [0.15, 0.2) is 140 Å². The molecular formula is C44H30N5OPt-3. The van der Waals surface area contributed by atoms with E-state index in [1.54, 1.807) is 6.67 Å². The van der Waals surface area contributed by atoms with Gasteiger partial charge in [-0.25, -0.2) is 4.98 Å². The zero-order valence-electron chi connectivity index (χ0n) is 30.3. The minimum atomic E-state index is -2.37. The summed E-state index contributed by atoms with van der Waals surface area (Å²) >= 11 is 0. The van der Waals surface area contributed by atoms with Crippen molar-refractivity contribution in [1.82, 2.24) is 14.1 Å². The fraction of sp³-hybridized carbons (Fsp3) is 0.0455. The summed E-state index contributed by atoms with van der Waals surface area (Å²) in [4.78, 5) is 8.15. The molecule has 3 aromatic heterocycles. The number of pyridine rings is 1. The van der Waals surface area contributed by atoms with E-state index < -0.39 is 6.98 Å². The average Bonchev–Trinajstić information content (AvgIpc) is 3.83. The summed E-state index contributed by atoms with van der Waals surface area (Å²) in [7, 11) is 2.09. The molecular weight excluding hydrogens is 810 g/mol. The zero-order chi connectivity index (χ0) is 35.8. The first-order chi connectivity index (χ1) is 25.8. The van der Waals surface area contributed by atoms with E-state index in [0.29, 0.717) is 22.9 Å². The van der Waals surface area contributed by atoms with Crippen molar-refractivity contribution in [3.63, 3.8) is 0 Å². The van der Waals surface area contributed by atoms with Crippen LogP contribution in [0.5, 0.6) is 11.5 Å². The van der Waals surface area contributed by atoms with Crippen LogP contribution in [0.2, 0.25) is 0 Å². The van der Waals surface area contributed by atoms with E-state index in [2.05, 4.69) is 76.8 Å². The molecule has 0 atom stereocenters. The Hall–Kier alpha value is -5.84. The standard InChI is InChI=1S/C44H30N5O.Pt/c1-46-28-48(43-23-30(19-22-40(43)46)29-11-4-3-5-12-29)31-13-10-14-32(24-31)50-33-20-21-36-34-15-7-9-18-39(34)49(42(36)25-33)44-26-41-37(27-45-44)35-16-6-8-17-38(35)47(41)2;/h3-23,26-28H,1-2H3;/q-3;/i1D3;. The van der Waals surface area contributed by atoms with Gasteiger partial charge in [0.25, 0.3) is 0 Å². The summed E-state index contributed by atoms with van der Waals surface area (Å²) in [6.45, 7) is -0.764. The smallest absolute Gasteiger partial charge is 0.137 e. The van der Waals surface area contributed by atoms with Crippen LogP contribution in [0.25, 0.3) is 60.6 Å². The number of aromatic nitrogens is 3. The summed E-state index contributed by atoms with van der Waals surface area (Å²) in [6.07, 6.45) is 1.96. The van der Waals surface area contributed by atoms with Crippen molar-refractivity contribution >= 4 is 60.7 Å². The molecule has 0 aliphatic carbocycles. The van der Waals surface area contributed by atoms with Crippen LogP contribution in [0.1, 0.15) is 4.11 Å². The van der Waals surface area contributed by atoms with Gasteiger partial charge in [0.2, 0.25) is 0 Å². The van der Waals surface area contributed by atoms with Crippen LogP contribution in [-0.2, 0) is 28.1 Å². The van der Waals surface area contributed by atoms with Crippen molar-refractivity contribution in [2.24, 2.45) is 7.05 Å². The first-order valence-electron chi connectivity index (χ1n) is 17.9. The number of ether oxygens (including phenoxy) is 1. The third-order valence-corrected chi connectivity index (χ3v) is 9.64. The Balaban J connectivity index is 0.00000384. The van der Waals surface area contributed by atoms with Gasteiger partial charge in [-0.2, -0.15) is 18.8 Å². The van der Waals surface area contributed by atoms with Gasteiger partial charge >= 0.3 is 0 Å². The second-order valence-electron chi connectivity index (χ2n) is 12.5. The molecule has 0 spiro atoms. The van der Waals surface area contributed by atoms with Gasteiger partial charge in [0.05, 0.1) is 5.52 Å². The predicted molar refractivity (Wildman–Crippen MR) is 203 cm³/mol. The number of anilines is 3. The van der Waals surface area contributed by atoms with Gasteiger partial charge in [-0.1, -0.05) is 78.3 Å². The number of rotatable bonds is 5. The van der Waals surface area contributed by atoms with Crippen molar-refractivity contribution in [2.45, 2.75) is 0 Å². The molecule has 9 aromatic rings. The molecule has 0 radical (unpaired) electrons. The summed E-state index contributed by atoms with van der Waals surface area (Å²) in [6, 6.07) is 51.2. The van der Waals surface area contributed by atoms with Crippen molar-refractivity contribution in [2.75, 3.05) is 16.8 Å². The second kappa shape index (κ2) is 12.2. The largest absolute Gasteiger partial charge is 0.509 e. The molecule has 4 heterocycles. The SMILES string of the molecule is [2H]C([2H])([2H])N1[CH-]N(c2[c-]c(Oc3[c-]c4c(cc3)c3ccccc3n4-c3cc4c(cn3)c3ccccc3n4C)ccc2)c2cc(-c3ccccc3)ccc21.[Pt]. The topological polar surface area (TPSA) is 38.5 Å². The minimum absolute atomic E-state index is 0. The molecule has 250 valence electrons. The summed E-state index contributed by atoms with van der Waals surface area (Å²) in [5, 5.41) is 4.40. The van der Waals surface area contributed by atoms with Gasteiger partial charge in [-0.05, 0) is 47.8 Å². The number of hydrogen-bond donors (Lipinski definition) is 0. The van der Waals surface area contributed by atoms with E-state index in [1.165, 1.54) is 10.3 Å². The molecule has 0 fully saturated rings. The Labute approximate surface area is 314 Å².